The summed E-state index contributed by atoms with van der Waals surface area (Å²) in [5.41, 5.74) is -0.959. The monoisotopic (exact) mass is 159 g/mol. The number of halogens is 1. The van der Waals surface area contributed by atoms with Crippen LogP contribution in [0.4, 0.5) is 4.39 Å². The molecule has 66 valence electrons. The molecule has 0 spiro atoms. The van der Waals surface area contributed by atoms with Gasteiger partial charge in [0.25, 0.3) is 0 Å². The zero-order valence-electron chi connectivity index (χ0n) is 7.65. The maximum absolute atomic E-state index is 13.2. The lowest BCUT2D eigenvalue weighted by Gasteiger charge is -2.13. The highest BCUT2D eigenvalue weighted by atomic mass is 19.1. The second-order valence-electron chi connectivity index (χ2n) is 4.32. The number of alkyl halides is 1. The van der Waals surface area contributed by atoms with Gasteiger partial charge in [0.05, 0.1) is 0 Å². The zero-order chi connectivity index (χ0) is 8.48. The third-order valence-corrected chi connectivity index (χ3v) is 2.19. The van der Waals surface area contributed by atoms with Gasteiger partial charge in [-0.15, -0.1) is 0 Å². The summed E-state index contributed by atoms with van der Waals surface area (Å²) in [5.74, 6) is 0.668. The fourth-order valence-electron chi connectivity index (χ4n) is 1.75. The van der Waals surface area contributed by atoms with Crippen LogP contribution in [0.2, 0.25) is 0 Å². The first kappa shape index (κ1) is 8.98. The van der Waals surface area contributed by atoms with E-state index in [0.29, 0.717) is 24.9 Å². The van der Waals surface area contributed by atoms with Crippen LogP contribution in [-0.2, 0) is 0 Å². The topological polar surface area (TPSA) is 12.0 Å². The Morgan fingerprint density at radius 3 is 2.64 bits per heavy atom. The van der Waals surface area contributed by atoms with Crippen molar-refractivity contribution in [3.05, 3.63) is 0 Å². The van der Waals surface area contributed by atoms with Crippen LogP contribution in [0.3, 0.4) is 0 Å². The maximum Gasteiger partial charge on any atom is 0.122 e. The second-order valence-corrected chi connectivity index (χ2v) is 4.32. The highest BCUT2D eigenvalue weighted by Crippen LogP contribution is 2.25. The van der Waals surface area contributed by atoms with E-state index in [0.717, 1.165) is 6.42 Å². The minimum absolute atomic E-state index is 0.407. The van der Waals surface area contributed by atoms with E-state index < -0.39 is 5.67 Å². The number of hydrogen-bond donors (Lipinski definition) is 1. The molecule has 2 atom stereocenters. The Kier molecular flexibility index (Phi) is 2.53. The highest BCUT2D eigenvalue weighted by Gasteiger charge is 2.34. The van der Waals surface area contributed by atoms with Crippen LogP contribution >= 0.6 is 0 Å². The molecule has 2 heteroatoms. The van der Waals surface area contributed by atoms with Crippen molar-refractivity contribution in [2.24, 2.45) is 5.92 Å². The van der Waals surface area contributed by atoms with Crippen LogP contribution in [0.15, 0.2) is 0 Å². The van der Waals surface area contributed by atoms with E-state index in [2.05, 4.69) is 19.2 Å². The molecule has 1 rings (SSSR count). The Morgan fingerprint density at radius 2 is 2.27 bits per heavy atom. The fraction of sp³-hybridized carbons (Fsp3) is 1.00. The van der Waals surface area contributed by atoms with Crippen molar-refractivity contribution in [2.45, 2.75) is 45.3 Å². The molecule has 0 radical (unpaired) electrons. The number of hydrogen-bond acceptors (Lipinski definition) is 1. The van der Waals surface area contributed by atoms with Crippen molar-refractivity contribution in [1.82, 2.24) is 5.32 Å². The van der Waals surface area contributed by atoms with Crippen LogP contribution < -0.4 is 5.32 Å². The fourth-order valence-corrected chi connectivity index (χ4v) is 1.75. The summed E-state index contributed by atoms with van der Waals surface area (Å²) in [4.78, 5) is 0. The molecule has 1 aliphatic heterocycles. The van der Waals surface area contributed by atoms with Gasteiger partial charge < -0.3 is 5.32 Å². The lowest BCUT2D eigenvalue weighted by Crippen LogP contribution is -2.23. The number of nitrogens with one attached hydrogen (secondary N) is 1. The molecular formula is C9H18FN. The molecule has 0 aromatic carbocycles. The minimum Gasteiger partial charge on any atom is -0.311 e. The van der Waals surface area contributed by atoms with Crippen LogP contribution in [0.1, 0.15) is 33.6 Å². The maximum atomic E-state index is 13.2. The van der Waals surface area contributed by atoms with Crippen molar-refractivity contribution in [3.8, 4) is 0 Å². The molecule has 1 nitrogen and oxygen atoms in total. The van der Waals surface area contributed by atoms with Crippen LogP contribution in [0.5, 0.6) is 0 Å². The van der Waals surface area contributed by atoms with Gasteiger partial charge in [0.1, 0.15) is 5.67 Å². The van der Waals surface area contributed by atoms with Crippen molar-refractivity contribution < 1.29 is 4.39 Å². The lowest BCUT2D eigenvalue weighted by molar-refractivity contribution is 0.212. The van der Waals surface area contributed by atoms with E-state index in [1.54, 1.807) is 6.92 Å². The summed E-state index contributed by atoms with van der Waals surface area (Å²) in [6, 6.07) is 0.407. The third-order valence-electron chi connectivity index (χ3n) is 2.19. The van der Waals surface area contributed by atoms with E-state index in [-0.39, 0.29) is 0 Å². The Bertz CT molecular complexity index is 132. The Labute approximate surface area is 68.4 Å². The average Bonchev–Trinajstić information content (AvgIpc) is 2.08. The molecule has 0 aromatic heterocycles. The third kappa shape index (κ3) is 2.78. The summed E-state index contributed by atoms with van der Waals surface area (Å²) >= 11 is 0. The van der Waals surface area contributed by atoms with Gasteiger partial charge in [0.15, 0.2) is 0 Å². The van der Waals surface area contributed by atoms with Gasteiger partial charge >= 0.3 is 0 Å². The Hall–Kier alpha value is -0.110. The first-order chi connectivity index (χ1) is 4.99. The second kappa shape index (κ2) is 3.10. The van der Waals surface area contributed by atoms with Crippen molar-refractivity contribution >= 4 is 0 Å². The summed E-state index contributed by atoms with van der Waals surface area (Å²) in [6.45, 7) is 6.57. The van der Waals surface area contributed by atoms with Crippen LogP contribution in [0, 0.1) is 5.92 Å². The SMILES string of the molecule is CC(C)CC1CC(C)(F)CN1. The van der Waals surface area contributed by atoms with Gasteiger partial charge in [-0.2, -0.15) is 0 Å². The molecule has 1 aliphatic rings. The zero-order valence-corrected chi connectivity index (χ0v) is 7.65. The van der Waals surface area contributed by atoms with Crippen LogP contribution in [0.25, 0.3) is 0 Å². The largest absolute Gasteiger partial charge is 0.311 e. The molecular weight excluding hydrogens is 141 g/mol. The van der Waals surface area contributed by atoms with E-state index in [4.69, 9.17) is 0 Å². The Balaban J connectivity index is 2.31. The minimum atomic E-state index is -0.959. The van der Waals surface area contributed by atoms with Gasteiger partial charge in [0.2, 0.25) is 0 Å². The van der Waals surface area contributed by atoms with E-state index in [1.807, 2.05) is 0 Å². The molecule has 1 saturated heterocycles. The Morgan fingerprint density at radius 1 is 1.64 bits per heavy atom. The summed E-state index contributed by atoms with van der Waals surface area (Å²) in [7, 11) is 0. The van der Waals surface area contributed by atoms with E-state index in [1.165, 1.54) is 0 Å². The molecule has 0 aromatic rings. The summed E-state index contributed by atoms with van der Waals surface area (Å²) in [6.07, 6.45) is 1.78. The predicted octanol–water partition coefficient (Wildman–Crippen LogP) is 2.12. The molecule has 0 bridgehead atoms. The number of rotatable bonds is 2. The quantitative estimate of drug-likeness (QED) is 0.650. The van der Waals surface area contributed by atoms with Crippen molar-refractivity contribution in [2.75, 3.05) is 6.54 Å². The van der Waals surface area contributed by atoms with Crippen LogP contribution in [-0.4, -0.2) is 18.3 Å². The molecule has 11 heavy (non-hydrogen) atoms. The smallest absolute Gasteiger partial charge is 0.122 e. The summed E-state index contributed by atoms with van der Waals surface area (Å²) < 4.78 is 13.2. The normalized spacial score (nSPS) is 38.5. The summed E-state index contributed by atoms with van der Waals surface area (Å²) in [5, 5.41) is 3.20. The molecule has 2 unspecified atom stereocenters. The standard InChI is InChI=1S/C9H18FN/c1-7(2)4-8-5-9(3,10)6-11-8/h7-8,11H,4-6H2,1-3H3. The average molecular weight is 159 g/mol. The molecule has 1 heterocycles. The van der Waals surface area contributed by atoms with E-state index >= 15 is 0 Å². The van der Waals surface area contributed by atoms with Gasteiger partial charge in [-0.05, 0) is 25.7 Å². The lowest BCUT2D eigenvalue weighted by atomic mass is 9.98. The molecule has 1 fully saturated rings. The van der Waals surface area contributed by atoms with Gasteiger partial charge in [0, 0.05) is 12.6 Å². The highest BCUT2D eigenvalue weighted by molar-refractivity contribution is 4.91. The molecule has 0 saturated carbocycles. The molecule has 1 N–H and O–H groups in total. The van der Waals surface area contributed by atoms with Crippen molar-refractivity contribution in [3.63, 3.8) is 0 Å². The van der Waals surface area contributed by atoms with Gasteiger partial charge in [-0.25, -0.2) is 4.39 Å². The molecule has 0 amide bonds. The van der Waals surface area contributed by atoms with Gasteiger partial charge in [-0.3, -0.25) is 0 Å². The first-order valence-corrected chi connectivity index (χ1v) is 4.42. The first-order valence-electron chi connectivity index (χ1n) is 4.42. The van der Waals surface area contributed by atoms with Gasteiger partial charge in [-0.1, -0.05) is 13.8 Å². The van der Waals surface area contributed by atoms with Crippen molar-refractivity contribution in [1.29, 1.82) is 0 Å². The van der Waals surface area contributed by atoms with E-state index in [9.17, 15) is 4.39 Å². The molecule has 0 aliphatic carbocycles. The predicted molar refractivity (Wildman–Crippen MR) is 45.4 cm³/mol.